The van der Waals surface area contributed by atoms with E-state index in [0.29, 0.717) is 0 Å². The first kappa shape index (κ1) is 25.2. The quantitative estimate of drug-likeness (QED) is 0.243. The Kier molecular flexibility index (Phi) is 8.49. The monoisotopic (exact) mass is 610 g/mol. The highest BCUT2D eigenvalue weighted by molar-refractivity contribution is 9.10. The van der Waals surface area contributed by atoms with Crippen LogP contribution in [0.25, 0.3) is 34.5 Å². The van der Waals surface area contributed by atoms with E-state index in [0.717, 1.165) is 10.2 Å². The first-order valence-electron chi connectivity index (χ1n) is 10.7. The van der Waals surface area contributed by atoms with E-state index in [1.165, 1.54) is 39.2 Å². The average molecular weight is 611 g/mol. The molecule has 0 spiro atoms. The van der Waals surface area contributed by atoms with Crippen LogP contribution in [0.2, 0.25) is 0 Å². The molecule has 0 radical (unpaired) electrons. The van der Waals surface area contributed by atoms with Crippen LogP contribution in [0.15, 0.2) is 89.4 Å². The normalized spacial score (nSPS) is 10.8. The van der Waals surface area contributed by atoms with Gasteiger partial charge >= 0.3 is 0 Å². The number of hydrogen-bond donors (Lipinski definition) is 0. The fourth-order valence-corrected chi connectivity index (χ4v) is 3.98. The molecule has 33 heavy (non-hydrogen) atoms. The molecule has 0 N–H and O–H groups in total. The lowest BCUT2D eigenvalue weighted by Crippen LogP contribution is -3.00. The van der Waals surface area contributed by atoms with Crippen molar-refractivity contribution in [2.45, 2.75) is 6.92 Å². The van der Waals surface area contributed by atoms with Crippen LogP contribution in [0, 0.1) is 6.92 Å². The Balaban J connectivity index is 0.00000306. The van der Waals surface area contributed by atoms with Gasteiger partial charge in [-0.25, -0.2) is 0 Å². The lowest BCUT2D eigenvalue weighted by Gasteiger charge is -2.11. The van der Waals surface area contributed by atoms with Crippen molar-refractivity contribution in [3.05, 3.63) is 106 Å². The van der Waals surface area contributed by atoms with Gasteiger partial charge in [-0.3, -0.25) is 0 Å². The largest absolute Gasteiger partial charge is 1.00 e. The molecule has 2 nitrogen and oxygen atoms in total. The molecule has 0 bridgehead atoms. The van der Waals surface area contributed by atoms with Crippen molar-refractivity contribution >= 4 is 33.8 Å². The Morgan fingerprint density at radius 1 is 0.727 bits per heavy atom. The third kappa shape index (κ3) is 6.12. The van der Waals surface area contributed by atoms with E-state index in [2.05, 4.69) is 151 Å². The van der Waals surface area contributed by atoms with Crippen LogP contribution in [-0.4, -0.2) is 14.1 Å². The van der Waals surface area contributed by atoms with Gasteiger partial charge in [-0.1, -0.05) is 57.9 Å². The maximum Gasteiger partial charge on any atom is 0.213 e. The van der Waals surface area contributed by atoms with Crippen LogP contribution in [0.5, 0.6) is 0 Å². The smallest absolute Gasteiger partial charge is 0.213 e. The summed E-state index contributed by atoms with van der Waals surface area (Å²) in [5, 5.41) is 0. The van der Waals surface area contributed by atoms with Crippen LogP contribution in [0.3, 0.4) is 0 Å². The molecule has 0 aliphatic heterocycles. The molecule has 0 aliphatic carbocycles. The van der Waals surface area contributed by atoms with Crippen molar-refractivity contribution in [2.75, 3.05) is 19.0 Å². The number of benzene rings is 3. The van der Waals surface area contributed by atoms with Crippen molar-refractivity contribution in [2.24, 2.45) is 7.05 Å². The predicted molar refractivity (Wildman–Crippen MR) is 141 cm³/mol. The summed E-state index contributed by atoms with van der Waals surface area (Å²) >= 11 is 3.55. The van der Waals surface area contributed by atoms with E-state index in [9.17, 15) is 0 Å². The molecular formula is C29H28BrIN2. The summed E-state index contributed by atoms with van der Waals surface area (Å²) in [7, 11) is 6.25. The SMILES string of the molecule is Cc1ccc(-c2cc(/C=C/c3ccc(N(C)C)cc3)[n+](C)c(-c3ccc(Br)cc3)c2)cc1.[I-]. The first-order chi connectivity index (χ1) is 15.4. The zero-order valence-electron chi connectivity index (χ0n) is 19.4. The fraction of sp³-hybridized carbons (Fsp3) is 0.138. The second-order valence-corrected chi connectivity index (χ2v) is 9.22. The average Bonchev–Trinajstić information content (AvgIpc) is 2.80. The second kappa shape index (κ2) is 11.1. The van der Waals surface area contributed by atoms with Crippen molar-refractivity contribution in [1.82, 2.24) is 0 Å². The molecule has 0 saturated carbocycles. The Morgan fingerprint density at radius 2 is 1.33 bits per heavy atom. The number of rotatable bonds is 5. The number of halogens is 2. The van der Waals surface area contributed by atoms with Gasteiger partial charge < -0.3 is 28.9 Å². The van der Waals surface area contributed by atoms with Crippen LogP contribution in [-0.2, 0) is 7.05 Å². The third-order valence-electron chi connectivity index (χ3n) is 5.73. The van der Waals surface area contributed by atoms with Gasteiger partial charge in [0.2, 0.25) is 11.4 Å². The summed E-state index contributed by atoms with van der Waals surface area (Å²) in [6.45, 7) is 2.12. The Bertz CT molecular complexity index is 1240. The summed E-state index contributed by atoms with van der Waals surface area (Å²) in [5.41, 5.74) is 9.60. The number of anilines is 1. The van der Waals surface area contributed by atoms with Gasteiger partial charge in [-0.2, -0.15) is 4.57 Å². The zero-order chi connectivity index (χ0) is 22.7. The highest BCUT2D eigenvalue weighted by Crippen LogP contribution is 2.27. The van der Waals surface area contributed by atoms with Crippen molar-refractivity contribution in [1.29, 1.82) is 0 Å². The highest BCUT2D eigenvalue weighted by atomic mass is 127. The second-order valence-electron chi connectivity index (χ2n) is 8.31. The fourth-order valence-electron chi connectivity index (χ4n) is 3.72. The van der Waals surface area contributed by atoms with Crippen molar-refractivity contribution < 1.29 is 28.5 Å². The molecule has 0 unspecified atom stereocenters. The topological polar surface area (TPSA) is 7.12 Å². The summed E-state index contributed by atoms with van der Waals surface area (Å²) in [4.78, 5) is 2.11. The molecule has 168 valence electrons. The van der Waals surface area contributed by atoms with E-state index >= 15 is 0 Å². The van der Waals surface area contributed by atoms with Gasteiger partial charge in [-0.15, -0.1) is 0 Å². The van der Waals surface area contributed by atoms with E-state index in [4.69, 9.17) is 0 Å². The maximum atomic E-state index is 3.55. The van der Waals surface area contributed by atoms with Gasteiger partial charge in [0.15, 0.2) is 0 Å². The molecule has 4 heteroatoms. The predicted octanol–water partition coefficient (Wildman–Crippen LogP) is 4.16. The molecule has 4 rings (SSSR count). The lowest BCUT2D eigenvalue weighted by molar-refractivity contribution is -0.662. The minimum atomic E-state index is 0. The van der Waals surface area contributed by atoms with Gasteiger partial charge in [0.1, 0.15) is 7.05 Å². The molecule has 0 saturated heterocycles. The Hall–Kier alpha value is -2.44. The van der Waals surface area contributed by atoms with Gasteiger partial charge in [0.25, 0.3) is 0 Å². The van der Waals surface area contributed by atoms with Gasteiger partial charge in [0, 0.05) is 48.0 Å². The van der Waals surface area contributed by atoms with Crippen LogP contribution >= 0.6 is 15.9 Å². The van der Waals surface area contributed by atoms with Crippen LogP contribution < -0.4 is 33.4 Å². The minimum absolute atomic E-state index is 0. The standard InChI is InChI=1S/C29H28BrN2.HI/c1-21-5-10-23(11-6-21)25-19-28(18-9-22-7-16-27(17-8-22)31(2)3)32(4)29(20-25)24-12-14-26(30)15-13-24;/h5-20H,1-4H3;1H/q+1;/p-1. The number of aromatic nitrogens is 1. The van der Waals surface area contributed by atoms with E-state index in [1.807, 2.05) is 0 Å². The molecule has 0 amide bonds. The molecule has 1 aromatic heterocycles. The summed E-state index contributed by atoms with van der Waals surface area (Å²) in [6.07, 6.45) is 4.38. The minimum Gasteiger partial charge on any atom is -1.00 e. The summed E-state index contributed by atoms with van der Waals surface area (Å²) in [5.74, 6) is 0. The number of aryl methyl sites for hydroxylation is 1. The molecule has 4 aromatic rings. The van der Waals surface area contributed by atoms with Gasteiger partial charge in [0.05, 0.1) is 0 Å². The summed E-state index contributed by atoms with van der Waals surface area (Å²) < 4.78 is 3.34. The summed E-state index contributed by atoms with van der Waals surface area (Å²) in [6, 6.07) is 30.4. The van der Waals surface area contributed by atoms with E-state index in [1.54, 1.807) is 0 Å². The first-order valence-corrected chi connectivity index (χ1v) is 11.5. The van der Waals surface area contributed by atoms with Crippen molar-refractivity contribution in [3.8, 4) is 22.4 Å². The number of nitrogens with zero attached hydrogens (tertiary/aromatic N) is 2. The molecule has 0 atom stereocenters. The number of pyridine rings is 1. The van der Waals surface area contributed by atoms with E-state index < -0.39 is 0 Å². The number of hydrogen-bond acceptors (Lipinski definition) is 1. The van der Waals surface area contributed by atoms with Crippen molar-refractivity contribution in [3.63, 3.8) is 0 Å². The Labute approximate surface area is 222 Å². The Morgan fingerprint density at radius 3 is 1.94 bits per heavy atom. The maximum absolute atomic E-state index is 3.55. The molecule has 1 heterocycles. The van der Waals surface area contributed by atoms with Gasteiger partial charge in [-0.05, 0) is 66.1 Å². The van der Waals surface area contributed by atoms with Crippen LogP contribution in [0.1, 0.15) is 16.8 Å². The molecular weight excluding hydrogens is 583 g/mol. The highest BCUT2D eigenvalue weighted by Gasteiger charge is 2.16. The molecule has 0 fully saturated rings. The zero-order valence-corrected chi connectivity index (χ0v) is 23.1. The molecule has 3 aromatic carbocycles. The molecule has 0 aliphatic rings. The lowest BCUT2D eigenvalue weighted by atomic mass is 10.0. The van der Waals surface area contributed by atoms with E-state index in [-0.39, 0.29) is 24.0 Å². The van der Waals surface area contributed by atoms with Crippen LogP contribution in [0.4, 0.5) is 5.69 Å². The third-order valence-corrected chi connectivity index (χ3v) is 6.25.